The van der Waals surface area contributed by atoms with Crippen molar-refractivity contribution in [3.63, 3.8) is 0 Å². The van der Waals surface area contributed by atoms with Crippen LogP contribution in [0.1, 0.15) is 39.0 Å². The molecular weight excluding hydrogens is 242 g/mol. The number of rotatable bonds is 6. The second-order valence-electron chi connectivity index (χ2n) is 5.65. The minimum atomic E-state index is 0.107. The van der Waals surface area contributed by atoms with Gasteiger partial charge in [-0.2, -0.15) is 0 Å². The van der Waals surface area contributed by atoms with Crippen LogP contribution in [0.5, 0.6) is 0 Å². The third kappa shape index (κ3) is 4.82. The summed E-state index contributed by atoms with van der Waals surface area (Å²) in [5.74, 6) is 1.11. The standard InChI is InChI=1S/C14H25N3O2/c1-2-13(18)16-12-5-7-17(8-6-12)14(19)10-15-9-11-3-4-11/h11-12,15H,2-10H2,1H3,(H,16,18). The van der Waals surface area contributed by atoms with Gasteiger partial charge in [0.05, 0.1) is 6.54 Å². The molecule has 0 atom stereocenters. The molecule has 5 heteroatoms. The Bertz CT molecular complexity index is 321. The van der Waals surface area contributed by atoms with Gasteiger partial charge < -0.3 is 15.5 Å². The number of likely N-dealkylation sites (tertiary alicyclic amines) is 1. The van der Waals surface area contributed by atoms with Crippen LogP contribution in [0.4, 0.5) is 0 Å². The van der Waals surface area contributed by atoms with Crippen LogP contribution >= 0.6 is 0 Å². The van der Waals surface area contributed by atoms with Gasteiger partial charge in [-0.3, -0.25) is 9.59 Å². The maximum absolute atomic E-state index is 12.0. The lowest BCUT2D eigenvalue weighted by molar-refractivity contribution is -0.131. The maximum Gasteiger partial charge on any atom is 0.236 e. The summed E-state index contributed by atoms with van der Waals surface area (Å²) in [6, 6.07) is 0.246. The van der Waals surface area contributed by atoms with Crippen LogP contribution < -0.4 is 10.6 Å². The lowest BCUT2D eigenvalue weighted by Crippen LogP contribution is -2.48. The largest absolute Gasteiger partial charge is 0.353 e. The van der Waals surface area contributed by atoms with Gasteiger partial charge in [-0.25, -0.2) is 0 Å². The first-order valence-corrected chi connectivity index (χ1v) is 7.47. The number of carbonyl (C=O) groups is 2. The van der Waals surface area contributed by atoms with Crippen molar-refractivity contribution in [3.8, 4) is 0 Å². The maximum atomic E-state index is 12.0. The highest BCUT2D eigenvalue weighted by Crippen LogP contribution is 2.27. The molecule has 5 nitrogen and oxygen atoms in total. The van der Waals surface area contributed by atoms with Crippen molar-refractivity contribution in [2.45, 2.75) is 45.1 Å². The first-order valence-electron chi connectivity index (χ1n) is 7.47. The van der Waals surface area contributed by atoms with E-state index >= 15 is 0 Å². The summed E-state index contributed by atoms with van der Waals surface area (Å²) >= 11 is 0. The van der Waals surface area contributed by atoms with Crippen molar-refractivity contribution in [3.05, 3.63) is 0 Å². The lowest BCUT2D eigenvalue weighted by atomic mass is 10.0. The Kier molecular flexibility index (Phi) is 5.19. The average molecular weight is 267 g/mol. The van der Waals surface area contributed by atoms with Gasteiger partial charge in [-0.15, -0.1) is 0 Å². The summed E-state index contributed by atoms with van der Waals surface area (Å²) < 4.78 is 0. The van der Waals surface area contributed by atoms with Crippen LogP contribution in [-0.4, -0.2) is 48.9 Å². The molecule has 108 valence electrons. The molecular formula is C14H25N3O2. The van der Waals surface area contributed by atoms with Crippen LogP contribution in [0.2, 0.25) is 0 Å². The zero-order valence-electron chi connectivity index (χ0n) is 11.8. The minimum absolute atomic E-state index is 0.107. The molecule has 1 aliphatic carbocycles. The Labute approximate surface area is 115 Å². The summed E-state index contributed by atoms with van der Waals surface area (Å²) in [6.45, 7) is 4.83. The molecule has 0 aromatic carbocycles. The van der Waals surface area contributed by atoms with Crippen molar-refractivity contribution in [1.82, 2.24) is 15.5 Å². The Hall–Kier alpha value is -1.10. The van der Waals surface area contributed by atoms with E-state index in [0.29, 0.717) is 13.0 Å². The molecule has 1 saturated carbocycles. The molecule has 0 aromatic rings. The van der Waals surface area contributed by atoms with Crippen molar-refractivity contribution in [2.75, 3.05) is 26.2 Å². The van der Waals surface area contributed by atoms with Crippen LogP contribution in [-0.2, 0) is 9.59 Å². The average Bonchev–Trinajstić information content (AvgIpc) is 3.23. The summed E-state index contributed by atoms with van der Waals surface area (Å²) in [5, 5.41) is 6.24. The number of nitrogens with one attached hydrogen (secondary N) is 2. The molecule has 0 spiro atoms. The summed E-state index contributed by atoms with van der Waals surface area (Å²) in [7, 11) is 0. The molecule has 0 bridgehead atoms. The molecule has 1 saturated heterocycles. The number of hydrogen-bond donors (Lipinski definition) is 2. The van der Waals surface area contributed by atoms with Gasteiger partial charge in [-0.1, -0.05) is 6.92 Å². The number of nitrogens with zero attached hydrogens (tertiary/aromatic N) is 1. The summed E-state index contributed by atoms with van der Waals surface area (Å²) in [5.41, 5.74) is 0. The van der Waals surface area contributed by atoms with Crippen molar-refractivity contribution in [1.29, 1.82) is 0 Å². The number of amides is 2. The van der Waals surface area contributed by atoms with Gasteiger partial charge in [-0.05, 0) is 38.1 Å². The highest BCUT2D eigenvalue weighted by atomic mass is 16.2. The van der Waals surface area contributed by atoms with E-state index in [-0.39, 0.29) is 17.9 Å². The third-order valence-corrected chi connectivity index (χ3v) is 3.94. The second-order valence-corrected chi connectivity index (χ2v) is 5.65. The van der Waals surface area contributed by atoms with Gasteiger partial charge >= 0.3 is 0 Å². The first kappa shape index (κ1) is 14.3. The molecule has 19 heavy (non-hydrogen) atoms. The molecule has 2 N–H and O–H groups in total. The second kappa shape index (κ2) is 6.89. The Balaban J connectivity index is 1.61. The molecule has 2 rings (SSSR count). The van der Waals surface area contributed by atoms with E-state index in [1.807, 2.05) is 11.8 Å². The van der Waals surface area contributed by atoms with Gasteiger partial charge in [0, 0.05) is 25.6 Å². The predicted molar refractivity (Wildman–Crippen MR) is 73.6 cm³/mol. The van der Waals surface area contributed by atoms with Crippen molar-refractivity contribution in [2.24, 2.45) is 5.92 Å². The van der Waals surface area contributed by atoms with Crippen LogP contribution in [0, 0.1) is 5.92 Å². The van der Waals surface area contributed by atoms with E-state index in [4.69, 9.17) is 0 Å². The first-order chi connectivity index (χ1) is 9.19. The van der Waals surface area contributed by atoms with Crippen LogP contribution in [0.15, 0.2) is 0 Å². The number of hydrogen-bond acceptors (Lipinski definition) is 3. The van der Waals surface area contributed by atoms with E-state index in [9.17, 15) is 9.59 Å². The quantitative estimate of drug-likeness (QED) is 0.737. The Morgan fingerprint density at radius 3 is 2.42 bits per heavy atom. The predicted octanol–water partition coefficient (Wildman–Crippen LogP) is 0.503. The number of piperidine rings is 1. The Morgan fingerprint density at radius 2 is 1.84 bits per heavy atom. The van der Waals surface area contributed by atoms with Gasteiger partial charge in [0.15, 0.2) is 0 Å². The van der Waals surface area contributed by atoms with Gasteiger partial charge in [0.1, 0.15) is 0 Å². The highest BCUT2D eigenvalue weighted by Gasteiger charge is 2.24. The van der Waals surface area contributed by atoms with E-state index in [0.717, 1.165) is 38.4 Å². The zero-order chi connectivity index (χ0) is 13.7. The molecule has 2 fully saturated rings. The minimum Gasteiger partial charge on any atom is -0.353 e. The van der Waals surface area contributed by atoms with Gasteiger partial charge in [0.25, 0.3) is 0 Å². The fourth-order valence-corrected chi connectivity index (χ4v) is 2.42. The zero-order valence-corrected chi connectivity index (χ0v) is 11.8. The smallest absolute Gasteiger partial charge is 0.236 e. The normalized spacial score (nSPS) is 20.4. The molecule has 2 aliphatic rings. The van der Waals surface area contributed by atoms with E-state index in [1.165, 1.54) is 12.8 Å². The Morgan fingerprint density at radius 1 is 1.16 bits per heavy atom. The third-order valence-electron chi connectivity index (χ3n) is 3.94. The molecule has 2 amide bonds. The molecule has 0 unspecified atom stereocenters. The fourth-order valence-electron chi connectivity index (χ4n) is 2.42. The monoisotopic (exact) mass is 267 g/mol. The summed E-state index contributed by atoms with van der Waals surface area (Å²) in [4.78, 5) is 25.2. The van der Waals surface area contributed by atoms with Crippen LogP contribution in [0.3, 0.4) is 0 Å². The van der Waals surface area contributed by atoms with E-state index < -0.39 is 0 Å². The lowest BCUT2D eigenvalue weighted by Gasteiger charge is -2.32. The number of carbonyl (C=O) groups excluding carboxylic acids is 2. The van der Waals surface area contributed by atoms with Crippen LogP contribution in [0.25, 0.3) is 0 Å². The fraction of sp³-hybridized carbons (Fsp3) is 0.857. The van der Waals surface area contributed by atoms with E-state index in [1.54, 1.807) is 0 Å². The molecule has 1 aliphatic heterocycles. The topological polar surface area (TPSA) is 61.4 Å². The van der Waals surface area contributed by atoms with E-state index in [2.05, 4.69) is 10.6 Å². The highest BCUT2D eigenvalue weighted by molar-refractivity contribution is 5.78. The molecule has 0 aromatic heterocycles. The van der Waals surface area contributed by atoms with Crippen molar-refractivity contribution >= 4 is 11.8 Å². The van der Waals surface area contributed by atoms with Crippen molar-refractivity contribution < 1.29 is 9.59 Å². The molecule has 0 radical (unpaired) electrons. The molecule has 1 heterocycles. The van der Waals surface area contributed by atoms with Gasteiger partial charge in [0.2, 0.25) is 11.8 Å². The summed E-state index contributed by atoms with van der Waals surface area (Å²) in [6.07, 6.45) is 4.90. The SMILES string of the molecule is CCC(=O)NC1CCN(C(=O)CNCC2CC2)CC1.